The quantitative estimate of drug-likeness (QED) is 0.574. The van der Waals surface area contributed by atoms with Gasteiger partial charge in [0, 0.05) is 0 Å². The zero-order valence-corrected chi connectivity index (χ0v) is 6.05. The number of methoxy groups -OCH3 is 2. The van der Waals surface area contributed by atoms with Crippen LogP contribution in [0.25, 0.3) is 0 Å². The van der Waals surface area contributed by atoms with Crippen molar-refractivity contribution in [3.05, 3.63) is 24.3 Å². The Kier molecular flexibility index (Phi) is 4.85. The monoisotopic (exact) mass is 145 g/mol. The second kappa shape index (κ2) is 5.12. The fourth-order valence-corrected chi connectivity index (χ4v) is 0.666. The van der Waals surface area contributed by atoms with Crippen molar-refractivity contribution < 1.29 is 9.47 Å². The molecule has 0 aliphatic carbocycles. The number of benzene rings is 1. The molecule has 0 saturated heterocycles. The van der Waals surface area contributed by atoms with Gasteiger partial charge in [-0.2, -0.15) is 0 Å². The first kappa shape index (κ1) is 10.4. The summed E-state index contributed by atoms with van der Waals surface area (Å²) in [4.78, 5) is 0. The molecule has 11 heavy (non-hydrogen) atoms. The van der Waals surface area contributed by atoms with Gasteiger partial charge in [-0.05, 0) is 12.1 Å². The molecule has 1 radical (unpaired) electrons. The molecule has 0 aliphatic heterocycles. The molecule has 0 saturated carbocycles. The molecule has 3 heteroatoms. The SMILES string of the molecule is COc1[c]c(OC)ccc1.[LiH]. The van der Waals surface area contributed by atoms with Gasteiger partial charge in [-0.3, -0.25) is 0 Å². The molecule has 0 bridgehead atoms. The van der Waals surface area contributed by atoms with Crippen LogP contribution in [-0.4, -0.2) is 33.1 Å². The fourth-order valence-electron chi connectivity index (χ4n) is 0.666. The van der Waals surface area contributed by atoms with E-state index in [2.05, 4.69) is 6.07 Å². The standard InChI is InChI=1S/C8H9O2.Li.H/c1-9-7-4-3-5-8(6-7)10-2;;/h3-5H,1-2H3;;. The maximum absolute atomic E-state index is 4.92. The van der Waals surface area contributed by atoms with E-state index in [1.165, 1.54) is 0 Å². The van der Waals surface area contributed by atoms with Crippen molar-refractivity contribution in [1.82, 2.24) is 0 Å². The number of ether oxygens (including phenoxy) is 2. The summed E-state index contributed by atoms with van der Waals surface area (Å²) in [5.41, 5.74) is 0. The Morgan fingerprint density at radius 2 is 1.55 bits per heavy atom. The Hall–Kier alpha value is -0.583. The van der Waals surface area contributed by atoms with Gasteiger partial charge in [-0.1, -0.05) is 6.07 Å². The van der Waals surface area contributed by atoms with Crippen molar-refractivity contribution in [1.29, 1.82) is 0 Å². The summed E-state index contributed by atoms with van der Waals surface area (Å²) in [7, 11) is 3.20. The Morgan fingerprint density at radius 1 is 1.09 bits per heavy atom. The van der Waals surface area contributed by atoms with Gasteiger partial charge >= 0.3 is 18.9 Å². The van der Waals surface area contributed by atoms with Crippen LogP contribution in [0.2, 0.25) is 0 Å². The summed E-state index contributed by atoms with van der Waals surface area (Å²) in [5.74, 6) is 1.39. The van der Waals surface area contributed by atoms with E-state index >= 15 is 0 Å². The van der Waals surface area contributed by atoms with Crippen molar-refractivity contribution in [2.75, 3.05) is 14.2 Å². The van der Waals surface area contributed by atoms with Crippen LogP contribution in [0.5, 0.6) is 11.5 Å². The van der Waals surface area contributed by atoms with E-state index in [0.717, 1.165) is 0 Å². The minimum atomic E-state index is 0. The van der Waals surface area contributed by atoms with E-state index in [0.29, 0.717) is 11.5 Å². The molecule has 1 rings (SSSR count). The maximum atomic E-state index is 4.92. The van der Waals surface area contributed by atoms with Crippen molar-refractivity contribution >= 4 is 18.9 Å². The zero-order valence-electron chi connectivity index (χ0n) is 6.05. The summed E-state index contributed by atoms with van der Waals surface area (Å²) in [6.07, 6.45) is 0. The molecule has 0 aliphatic rings. The zero-order chi connectivity index (χ0) is 7.40. The van der Waals surface area contributed by atoms with Crippen molar-refractivity contribution in [2.45, 2.75) is 0 Å². The Labute approximate surface area is 78.7 Å². The fraction of sp³-hybridized carbons (Fsp3) is 0.250. The molecule has 0 spiro atoms. The predicted molar refractivity (Wildman–Crippen MR) is 45.5 cm³/mol. The van der Waals surface area contributed by atoms with Gasteiger partial charge in [0.2, 0.25) is 0 Å². The molecule has 0 unspecified atom stereocenters. The average Bonchev–Trinajstić information content (AvgIpc) is 2.05. The molecular weight excluding hydrogens is 135 g/mol. The van der Waals surface area contributed by atoms with E-state index in [-0.39, 0.29) is 18.9 Å². The van der Waals surface area contributed by atoms with E-state index in [4.69, 9.17) is 9.47 Å². The summed E-state index contributed by atoms with van der Waals surface area (Å²) in [5, 5.41) is 0. The second-order valence-corrected chi connectivity index (χ2v) is 1.79. The van der Waals surface area contributed by atoms with Gasteiger partial charge < -0.3 is 9.47 Å². The second-order valence-electron chi connectivity index (χ2n) is 1.79. The average molecular weight is 145 g/mol. The van der Waals surface area contributed by atoms with Crippen molar-refractivity contribution in [3.8, 4) is 11.5 Å². The van der Waals surface area contributed by atoms with Crippen LogP contribution in [-0.2, 0) is 0 Å². The first-order valence-electron chi connectivity index (χ1n) is 2.97. The van der Waals surface area contributed by atoms with Crippen LogP contribution < -0.4 is 9.47 Å². The molecule has 2 nitrogen and oxygen atoms in total. The molecule has 1 aromatic rings. The van der Waals surface area contributed by atoms with Crippen LogP contribution in [0, 0.1) is 6.07 Å². The van der Waals surface area contributed by atoms with E-state index in [1.54, 1.807) is 14.2 Å². The molecule has 55 valence electrons. The first-order chi connectivity index (χ1) is 4.86. The van der Waals surface area contributed by atoms with Gasteiger partial charge in [0.1, 0.15) is 11.5 Å². The van der Waals surface area contributed by atoms with Gasteiger partial charge in [-0.25, -0.2) is 0 Å². The van der Waals surface area contributed by atoms with Crippen LogP contribution >= 0.6 is 0 Å². The van der Waals surface area contributed by atoms with Crippen LogP contribution in [0.1, 0.15) is 0 Å². The minimum absolute atomic E-state index is 0. The van der Waals surface area contributed by atoms with E-state index in [1.807, 2.05) is 18.2 Å². The third-order valence-corrected chi connectivity index (χ3v) is 1.18. The Bertz CT molecular complexity index is 194. The number of rotatable bonds is 2. The van der Waals surface area contributed by atoms with Crippen molar-refractivity contribution in [3.63, 3.8) is 0 Å². The molecule has 0 aromatic heterocycles. The van der Waals surface area contributed by atoms with Gasteiger partial charge in [0.05, 0.1) is 20.3 Å². The summed E-state index contributed by atoms with van der Waals surface area (Å²) in [6, 6.07) is 8.40. The summed E-state index contributed by atoms with van der Waals surface area (Å²) in [6.45, 7) is 0. The molecule has 0 atom stereocenters. The van der Waals surface area contributed by atoms with E-state index in [9.17, 15) is 0 Å². The third-order valence-electron chi connectivity index (χ3n) is 1.18. The molecular formula is C8H10LiO2. The molecule has 0 N–H and O–H groups in total. The third kappa shape index (κ3) is 2.88. The molecule has 0 heterocycles. The number of hydrogen-bond acceptors (Lipinski definition) is 2. The summed E-state index contributed by atoms with van der Waals surface area (Å²) >= 11 is 0. The molecule has 0 amide bonds. The van der Waals surface area contributed by atoms with Crippen molar-refractivity contribution in [2.24, 2.45) is 0 Å². The van der Waals surface area contributed by atoms with Crippen LogP contribution in [0.3, 0.4) is 0 Å². The van der Waals surface area contributed by atoms with E-state index < -0.39 is 0 Å². The Morgan fingerprint density at radius 3 is 1.91 bits per heavy atom. The molecule has 0 fully saturated rings. The predicted octanol–water partition coefficient (Wildman–Crippen LogP) is 0.855. The number of hydrogen-bond donors (Lipinski definition) is 0. The van der Waals surface area contributed by atoms with Gasteiger partial charge in [0.15, 0.2) is 0 Å². The molecule has 1 aromatic carbocycles. The Balaban J connectivity index is 0.000001000. The van der Waals surface area contributed by atoms with Crippen LogP contribution in [0.4, 0.5) is 0 Å². The first-order valence-corrected chi connectivity index (χ1v) is 2.97. The van der Waals surface area contributed by atoms with Gasteiger partial charge in [0.25, 0.3) is 0 Å². The normalized spacial score (nSPS) is 8.18. The van der Waals surface area contributed by atoms with Crippen LogP contribution in [0.15, 0.2) is 18.2 Å². The van der Waals surface area contributed by atoms with Gasteiger partial charge in [-0.15, -0.1) is 0 Å². The summed E-state index contributed by atoms with van der Waals surface area (Å²) < 4.78 is 9.84. The topological polar surface area (TPSA) is 18.5 Å².